The number of nitrogens with two attached hydrogens (primary N) is 2. The summed E-state index contributed by atoms with van der Waals surface area (Å²) in [5.74, 6) is 0.467. The van der Waals surface area contributed by atoms with E-state index in [1.807, 2.05) is 0 Å². The molecule has 6 N–H and O–H groups in total. The Morgan fingerprint density at radius 2 is 1.61 bits per heavy atom. The maximum absolute atomic E-state index is 9.74. The zero-order valence-electron chi connectivity index (χ0n) is 9.91. The number of anilines is 3. The van der Waals surface area contributed by atoms with Crippen LogP contribution < -0.4 is 26.1 Å². The summed E-state index contributed by atoms with van der Waals surface area (Å²) in [5.41, 5.74) is 12.7. The monoisotopic (exact) mass is 254 g/mol. The fraction of sp³-hybridized carbons (Fsp3) is 0.200. The SMILES string of the molecule is COc1c(N)c2c(c(N)c1OC)N(O)N(O)C=C2. The van der Waals surface area contributed by atoms with Crippen LogP contribution in [0.2, 0.25) is 0 Å². The molecule has 0 amide bonds. The first kappa shape index (κ1) is 12.1. The van der Waals surface area contributed by atoms with Crippen LogP contribution in [0.1, 0.15) is 5.56 Å². The average molecular weight is 254 g/mol. The number of hydrogen-bond acceptors (Lipinski definition) is 8. The molecular weight excluding hydrogens is 240 g/mol. The van der Waals surface area contributed by atoms with Crippen molar-refractivity contribution in [2.45, 2.75) is 0 Å². The van der Waals surface area contributed by atoms with Crippen LogP contribution in [0.25, 0.3) is 6.08 Å². The van der Waals surface area contributed by atoms with Crippen LogP contribution >= 0.6 is 0 Å². The van der Waals surface area contributed by atoms with Crippen LogP contribution in [-0.4, -0.2) is 29.8 Å². The summed E-state index contributed by atoms with van der Waals surface area (Å²) in [4.78, 5) is 0. The van der Waals surface area contributed by atoms with Gasteiger partial charge in [-0.1, -0.05) is 0 Å². The molecule has 1 aliphatic heterocycles. The molecule has 1 heterocycles. The third kappa shape index (κ3) is 1.47. The number of ether oxygens (including phenoxy) is 2. The Morgan fingerprint density at radius 1 is 1.06 bits per heavy atom. The average Bonchev–Trinajstić information content (AvgIpc) is 2.36. The highest BCUT2D eigenvalue weighted by Crippen LogP contribution is 2.49. The molecule has 0 unspecified atom stereocenters. The van der Waals surface area contributed by atoms with E-state index < -0.39 is 0 Å². The lowest BCUT2D eigenvalue weighted by molar-refractivity contribution is -0.122. The van der Waals surface area contributed by atoms with Crippen molar-refractivity contribution in [3.63, 3.8) is 0 Å². The molecule has 0 spiro atoms. The predicted molar refractivity (Wildman–Crippen MR) is 65.3 cm³/mol. The Kier molecular flexibility index (Phi) is 2.81. The summed E-state index contributed by atoms with van der Waals surface area (Å²) >= 11 is 0. The van der Waals surface area contributed by atoms with E-state index >= 15 is 0 Å². The minimum atomic E-state index is 0.101. The molecule has 1 aromatic rings. The van der Waals surface area contributed by atoms with Gasteiger partial charge in [0.15, 0.2) is 11.5 Å². The van der Waals surface area contributed by atoms with Gasteiger partial charge in [-0.15, -0.1) is 10.3 Å². The maximum Gasteiger partial charge on any atom is 0.188 e. The van der Waals surface area contributed by atoms with E-state index in [4.69, 9.17) is 20.9 Å². The molecule has 8 heteroatoms. The van der Waals surface area contributed by atoms with E-state index in [0.717, 1.165) is 0 Å². The molecule has 1 aromatic carbocycles. The van der Waals surface area contributed by atoms with Gasteiger partial charge in [0, 0.05) is 5.56 Å². The predicted octanol–water partition coefficient (Wildman–Crippen LogP) is 0.654. The molecule has 98 valence electrons. The molecule has 0 saturated carbocycles. The van der Waals surface area contributed by atoms with Crippen molar-refractivity contribution in [3.05, 3.63) is 11.8 Å². The minimum absolute atomic E-state index is 0.101. The summed E-state index contributed by atoms with van der Waals surface area (Å²) < 4.78 is 10.2. The van der Waals surface area contributed by atoms with Crippen molar-refractivity contribution in [3.8, 4) is 11.5 Å². The van der Waals surface area contributed by atoms with Gasteiger partial charge in [0.1, 0.15) is 11.4 Å². The van der Waals surface area contributed by atoms with Gasteiger partial charge in [-0.25, -0.2) is 0 Å². The fourth-order valence-electron chi connectivity index (χ4n) is 1.84. The number of hydroxylamine groups is 1. The fourth-order valence-corrected chi connectivity index (χ4v) is 1.84. The molecule has 0 aliphatic carbocycles. The molecule has 18 heavy (non-hydrogen) atoms. The Labute approximate surface area is 103 Å². The lowest BCUT2D eigenvalue weighted by Gasteiger charge is -2.31. The highest BCUT2D eigenvalue weighted by Gasteiger charge is 2.28. The third-order valence-corrected chi connectivity index (χ3v) is 2.67. The zero-order valence-corrected chi connectivity index (χ0v) is 9.91. The van der Waals surface area contributed by atoms with Gasteiger partial charge in [-0.2, -0.15) is 0 Å². The van der Waals surface area contributed by atoms with Crippen molar-refractivity contribution in [2.75, 3.05) is 30.9 Å². The van der Waals surface area contributed by atoms with Gasteiger partial charge < -0.3 is 20.9 Å². The van der Waals surface area contributed by atoms with Crippen LogP contribution in [0.3, 0.4) is 0 Å². The van der Waals surface area contributed by atoms with Gasteiger partial charge in [0.05, 0.1) is 26.1 Å². The summed E-state index contributed by atoms with van der Waals surface area (Å²) in [6.07, 6.45) is 2.71. The van der Waals surface area contributed by atoms with E-state index in [9.17, 15) is 10.4 Å². The number of methoxy groups -OCH3 is 2. The maximum atomic E-state index is 9.74. The molecule has 0 aromatic heterocycles. The van der Waals surface area contributed by atoms with Crippen LogP contribution in [0.15, 0.2) is 6.20 Å². The van der Waals surface area contributed by atoms with Crippen LogP contribution in [0.4, 0.5) is 17.1 Å². The smallest absolute Gasteiger partial charge is 0.188 e. The summed E-state index contributed by atoms with van der Waals surface area (Å²) in [6.45, 7) is 0. The second-order valence-corrected chi connectivity index (χ2v) is 3.58. The second-order valence-electron chi connectivity index (χ2n) is 3.58. The van der Waals surface area contributed by atoms with Crippen molar-refractivity contribution >= 4 is 23.1 Å². The highest BCUT2D eigenvalue weighted by atomic mass is 16.7. The van der Waals surface area contributed by atoms with Gasteiger partial charge in [-0.3, -0.25) is 10.4 Å². The number of fused-ring (bicyclic) bond motifs is 1. The van der Waals surface area contributed by atoms with E-state index in [1.54, 1.807) is 0 Å². The lowest BCUT2D eigenvalue weighted by atomic mass is 10.1. The quantitative estimate of drug-likeness (QED) is 0.568. The minimum Gasteiger partial charge on any atom is -0.491 e. The number of nitrogens with zero attached hydrogens (tertiary/aromatic N) is 2. The topological polar surface area (TPSA) is 117 Å². The first-order valence-corrected chi connectivity index (χ1v) is 5.01. The number of benzene rings is 1. The third-order valence-electron chi connectivity index (χ3n) is 2.67. The first-order valence-electron chi connectivity index (χ1n) is 5.01. The second kappa shape index (κ2) is 4.17. The Bertz CT molecular complexity index is 517. The van der Waals surface area contributed by atoms with Gasteiger partial charge in [0.2, 0.25) is 0 Å². The van der Waals surface area contributed by atoms with Gasteiger partial charge in [-0.05, 0) is 6.08 Å². The summed E-state index contributed by atoms with van der Waals surface area (Å²) in [6, 6.07) is 0. The first-order chi connectivity index (χ1) is 8.52. The molecule has 2 rings (SSSR count). The Morgan fingerprint density at radius 3 is 2.17 bits per heavy atom. The molecular formula is C10H14N4O4. The number of hydrogen-bond donors (Lipinski definition) is 4. The molecule has 0 fully saturated rings. The molecule has 0 bridgehead atoms. The zero-order chi connectivity index (χ0) is 13.4. The summed E-state index contributed by atoms with van der Waals surface area (Å²) in [5, 5.41) is 20.1. The Hall–Kier alpha value is -2.32. The molecule has 1 aliphatic rings. The standard InChI is InChI=1S/C10H14N4O4/c1-17-9-6(11)5-3-4-13(15)14(16)8(5)7(12)10(9)18-2/h3-4,15-16H,11-12H2,1-2H3. The molecule has 0 radical (unpaired) electrons. The number of rotatable bonds is 2. The van der Waals surface area contributed by atoms with Crippen LogP contribution in [-0.2, 0) is 0 Å². The Balaban J connectivity index is 2.79. The largest absolute Gasteiger partial charge is 0.491 e. The summed E-state index contributed by atoms with van der Waals surface area (Å²) in [7, 11) is 2.83. The van der Waals surface area contributed by atoms with E-state index in [1.165, 1.54) is 26.5 Å². The molecule has 0 atom stereocenters. The normalized spacial score (nSPS) is 13.6. The van der Waals surface area contributed by atoms with Crippen LogP contribution in [0, 0.1) is 0 Å². The van der Waals surface area contributed by atoms with Gasteiger partial charge >= 0.3 is 0 Å². The van der Waals surface area contributed by atoms with E-state index in [-0.39, 0.29) is 28.6 Å². The molecule has 0 saturated heterocycles. The van der Waals surface area contributed by atoms with Crippen LogP contribution in [0.5, 0.6) is 11.5 Å². The van der Waals surface area contributed by atoms with Gasteiger partial charge in [0.25, 0.3) is 0 Å². The number of hydrazine groups is 1. The van der Waals surface area contributed by atoms with Crippen molar-refractivity contribution < 1.29 is 19.9 Å². The van der Waals surface area contributed by atoms with Crippen molar-refractivity contribution in [1.29, 1.82) is 0 Å². The lowest BCUT2D eigenvalue weighted by Crippen LogP contribution is -2.36. The number of nitrogen functional groups attached to an aromatic ring is 2. The molecule has 8 nitrogen and oxygen atoms in total. The van der Waals surface area contributed by atoms with Crippen molar-refractivity contribution in [2.24, 2.45) is 0 Å². The van der Waals surface area contributed by atoms with Crippen molar-refractivity contribution in [1.82, 2.24) is 5.17 Å². The van der Waals surface area contributed by atoms with E-state index in [0.29, 0.717) is 15.9 Å². The van der Waals surface area contributed by atoms with E-state index in [2.05, 4.69) is 0 Å². The highest BCUT2D eigenvalue weighted by molar-refractivity contribution is 5.94.